The largest absolute Gasteiger partial charge is 0.481 e. The van der Waals surface area contributed by atoms with E-state index in [9.17, 15) is 14.0 Å². The van der Waals surface area contributed by atoms with Gasteiger partial charge in [0.1, 0.15) is 5.82 Å². The molecule has 1 aliphatic heterocycles. The predicted octanol–water partition coefficient (Wildman–Crippen LogP) is 1.79. The molecule has 1 heterocycles. The third-order valence-electron chi connectivity index (χ3n) is 2.99. The molecule has 1 fully saturated rings. The monoisotopic (exact) mass is 301 g/mol. The molecule has 1 N–H and O–H groups in total. The van der Waals surface area contributed by atoms with E-state index in [1.54, 1.807) is 0 Å². The molecule has 0 bridgehead atoms. The van der Waals surface area contributed by atoms with Crippen LogP contribution in [0.15, 0.2) is 18.2 Å². The Bertz CT molecular complexity index is 537. The molecule has 1 aliphatic rings. The highest BCUT2D eigenvalue weighted by atomic mass is 35.5. The van der Waals surface area contributed by atoms with Crippen molar-refractivity contribution in [3.63, 3.8) is 0 Å². The van der Waals surface area contributed by atoms with E-state index in [0.29, 0.717) is 6.54 Å². The van der Waals surface area contributed by atoms with Gasteiger partial charge in [-0.3, -0.25) is 9.59 Å². The summed E-state index contributed by atoms with van der Waals surface area (Å²) in [7, 11) is 0. The van der Waals surface area contributed by atoms with Gasteiger partial charge in [0.2, 0.25) is 0 Å². The first-order valence-corrected chi connectivity index (χ1v) is 6.43. The highest BCUT2D eigenvalue weighted by Gasteiger charge is 2.27. The Morgan fingerprint density at radius 1 is 1.50 bits per heavy atom. The van der Waals surface area contributed by atoms with Gasteiger partial charge in [-0.2, -0.15) is 0 Å². The van der Waals surface area contributed by atoms with Gasteiger partial charge in [0.05, 0.1) is 24.7 Å². The van der Waals surface area contributed by atoms with Crippen LogP contribution in [-0.4, -0.2) is 47.7 Å². The van der Waals surface area contributed by atoms with E-state index in [1.807, 2.05) is 0 Å². The van der Waals surface area contributed by atoms with E-state index in [2.05, 4.69) is 0 Å². The number of ether oxygens (including phenoxy) is 1. The maximum Gasteiger partial charge on any atom is 0.306 e. The summed E-state index contributed by atoms with van der Waals surface area (Å²) in [5.41, 5.74) is -0.0784. The van der Waals surface area contributed by atoms with Crippen LogP contribution in [0.1, 0.15) is 16.8 Å². The molecule has 0 radical (unpaired) electrons. The van der Waals surface area contributed by atoms with E-state index < -0.39 is 23.8 Å². The minimum absolute atomic E-state index is 0.0784. The summed E-state index contributed by atoms with van der Waals surface area (Å²) in [5, 5.41) is 8.94. The Morgan fingerprint density at radius 2 is 2.25 bits per heavy atom. The maximum absolute atomic E-state index is 13.7. The number of hydrogen-bond donors (Lipinski definition) is 1. The first kappa shape index (κ1) is 14.7. The fourth-order valence-electron chi connectivity index (χ4n) is 2.06. The van der Waals surface area contributed by atoms with Gasteiger partial charge in [0, 0.05) is 18.1 Å². The smallest absolute Gasteiger partial charge is 0.306 e. The van der Waals surface area contributed by atoms with Crippen LogP contribution in [0, 0.1) is 5.82 Å². The Morgan fingerprint density at radius 3 is 2.90 bits per heavy atom. The second-order valence-electron chi connectivity index (χ2n) is 4.47. The number of hydrogen-bond acceptors (Lipinski definition) is 3. The van der Waals surface area contributed by atoms with Gasteiger partial charge in [-0.05, 0) is 18.2 Å². The second kappa shape index (κ2) is 6.19. The maximum atomic E-state index is 13.7. The Hall–Kier alpha value is -1.66. The van der Waals surface area contributed by atoms with Gasteiger partial charge in [-0.15, -0.1) is 0 Å². The Labute approximate surface area is 119 Å². The lowest BCUT2D eigenvalue weighted by Gasteiger charge is -2.32. The average molecular weight is 302 g/mol. The molecule has 20 heavy (non-hydrogen) atoms. The van der Waals surface area contributed by atoms with E-state index >= 15 is 0 Å². The van der Waals surface area contributed by atoms with Crippen LogP contribution in [0.4, 0.5) is 4.39 Å². The minimum Gasteiger partial charge on any atom is -0.481 e. The lowest BCUT2D eigenvalue weighted by molar-refractivity contribution is -0.141. The van der Waals surface area contributed by atoms with Crippen LogP contribution >= 0.6 is 11.6 Å². The molecule has 1 aromatic carbocycles. The molecule has 0 unspecified atom stereocenters. The number of aliphatic carboxylic acids is 1. The summed E-state index contributed by atoms with van der Waals surface area (Å²) in [6.45, 7) is 0.670. The van der Waals surface area contributed by atoms with Crippen molar-refractivity contribution in [1.82, 2.24) is 4.90 Å². The summed E-state index contributed by atoms with van der Waals surface area (Å²) < 4.78 is 19.0. The molecule has 1 saturated heterocycles. The van der Waals surface area contributed by atoms with Crippen molar-refractivity contribution >= 4 is 23.5 Å². The highest BCUT2D eigenvalue weighted by Crippen LogP contribution is 2.18. The number of carboxylic acid groups (broad SMARTS) is 1. The zero-order valence-corrected chi connectivity index (χ0v) is 11.3. The molecular formula is C13H13ClFNO4. The normalized spacial score (nSPS) is 18.9. The van der Waals surface area contributed by atoms with Crippen molar-refractivity contribution in [1.29, 1.82) is 0 Å². The van der Waals surface area contributed by atoms with Crippen LogP contribution in [0.25, 0.3) is 0 Å². The fourth-order valence-corrected chi connectivity index (χ4v) is 2.21. The van der Waals surface area contributed by atoms with Crippen LogP contribution < -0.4 is 0 Å². The highest BCUT2D eigenvalue weighted by molar-refractivity contribution is 6.30. The first-order chi connectivity index (χ1) is 9.47. The molecule has 108 valence electrons. The average Bonchev–Trinajstić information content (AvgIpc) is 2.37. The molecule has 1 atom stereocenters. The lowest BCUT2D eigenvalue weighted by atomic mass is 10.1. The van der Waals surface area contributed by atoms with E-state index in [4.69, 9.17) is 21.4 Å². The van der Waals surface area contributed by atoms with Gasteiger partial charge >= 0.3 is 5.97 Å². The first-order valence-electron chi connectivity index (χ1n) is 6.05. The Kier molecular flexibility index (Phi) is 4.57. The summed E-state index contributed by atoms with van der Waals surface area (Å²) in [4.78, 5) is 24.2. The minimum atomic E-state index is -0.998. The van der Waals surface area contributed by atoms with Crippen LogP contribution in [0.3, 0.4) is 0 Å². The molecule has 7 heteroatoms. The van der Waals surface area contributed by atoms with Gasteiger partial charge in [0.25, 0.3) is 5.91 Å². The molecule has 2 rings (SSSR count). The van der Waals surface area contributed by atoms with E-state index in [1.165, 1.54) is 17.0 Å². The van der Waals surface area contributed by atoms with Gasteiger partial charge in [0.15, 0.2) is 0 Å². The fraction of sp³-hybridized carbons (Fsp3) is 0.385. The summed E-state index contributed by atoms with van der Waals surface area (Å²) in [5.74, 6) is -2.18. The molecule has 1 aromatic rings. The number of halogens is 2. The number of carbonyl (C=O) groups excluding carboxylic acids is 1. The molecule has 0 aromatic heterocycles. The number of benzene rings is 1. The number of rotatable bonds is 3. The van der Waals surface area contributed by atoms with Crippen LogP contribution in [0.5, 0.6) is 0 Å². The van der Waals surface area contributed by atoms with Crippen molar-refractivity contribution in [2.75, 3.05) is 19.7 Å². The molecule has 1 amide bonds. The predicted molar refractivity (Wildman–Crippen MR) is 69.3 cm³/mol. The van der Waals surface area contributed by atoms with Crippen molar-refractivity contribution in [3.8, 4) is 0 Å². The number of amides is 1. The number of carboxylic acids is 1. The summed E-state index contributed by atoms with van der Waals surface area (Å²) in [6, 6.07) is 3.83. The summed E-state index contributed by atoms with van der Waals surface area (Å²) >= 11 is 5.64. The molecule has 0 aliphatic carbocycles. The van der Waals surface area contributed by atoms with Crippen LogP contribution in [-0.2, 0) is 9.53 Å². The molecular weight excluding hydrogens is 289 g/mol. The third-order valence-corrected chi connectivity index (χ3v) is 3.22. The van der Waals surface area contributed by atoms with Crippen LogP contribution in [0.2, 0.25) is 5.02 Å². The molecule has 0 spiro atoms. The molecule has 5 nitrogen and oxygen atoms in total. The van der Waals surface area contributed by atoms with E-state index in [-0.39, 0.29) is 30.2 Å². The SMILES string of the molecule is O=C(O)C[C@@H]1CN(C(=O)c2ccc(Cl)cc2F)CCO1. The molecule has 0 saturated carbocycles. The Balaban J connectivity index is 2.10. The van der Waals surface area contributed by atoms with Gasteiger partial charge in [-0.1, -0.05) is 11.6 Å². The summed E-state index contributed by atoms with van der Waals surface area (Å²) in [6.07, 6.45) is -0.757. The van der Waals surface area contributed by atoms with Crippen molar-refractivity contribution in [2.24, 2.45) is 0 Å². The number of nitrogens with zero attached hydrogens (tertiary/aromatic N) is 1. The van der Waals surface area contributed by atoms with Crippen molar-refractivity contribution in [2.45, 2.75) is 12.5 Å². The zero-order valence-electron chi connectivity index (χ0n) is 10.5. The van der Waals surface area contributed by atoms with Gasteiger partial charge < -0.3 is 14.7 Å². The zero-order chi connectivity index (χ0) is 14.7. The second-order valence-corrected chi connectivity index (χ2v) is 4.90. The quantitative estimate of drug-likeness (QED) is 0.924. The van der Waals surface area contributed by atoms with Crippen molar-refractivity contribution in [3.05, 3.63) is 34.6 Å². The number of carbonyl (C=O) groups is 2. The standard InChI is InChI=1S/C13H13ClFNO4/c14-8-1-2-10(11(15)5-8)13(19)16-3-4-20-9(7-16)6-12(17)18/h1-2,5,9H,3-4,6-7H2,(H,17,18)/t9-/m1/s1. The van der Waals surface area contributed by atoms with E-state index in [0.717, 1.165) is 6.07 Å². The number of morpholine rings is 1. The van der Waals surface area contributed by atoms with Crippen molar-refractivity contribution < 1.29 is 23.8 Å². The lowest BCUT2D eigenvalue weighted by Crippen LogP contribution is -2.46. The third kappa shape index (κ3) is 3.46. The topological polar surface area (TPSA) is 66.8 Å². The van der Waals surface area contributed by atoms with Gasteiger partial charge in [-0.25, -0.2) is 4.39 Å².